The number of hydrogen-bond donors (Lipinski definition) is 1. The second-order valence-corrected chi connectivity index (χ2v) is 4.01. The molecule has 0 unspecified atom stereocenters. The molecule has 1 N–H and O–H groups in total. The Morgan fingerprint density at radius 1 is 1.35 bits per heavy atom. The molecule has 0 aliphatic rings. The lowest BCUT2D eigenvalue weighted by Gasteiger charge is -2.06. The summed E-state index contributed by atoms with van der Waals surface area (Å²) in [6, 6.07) is 5.65. The van der Waals surface area contributed by atoms with E-state index in [0.29, 0.717) is 5.58 Å². The van der Waals surface area contributed by atoms with Crippen LogP contribution in [0.2, 0.25) is 0 Å². The molecule has 17 heavy (non-hydrogen) atoms. The van der Waals surface area contributed by atoms with Crippen molar-refractivity contribution in [2.75, 3.05) is 11.9 Å². The van der Waals surface area contributed by atoms with Gasteiger partial charge in [-0.3, -0.25) is 0 Å². The molecule has 2 rings (SSSR count). The molecule has 1 aromatic carbocycles. The van der Waals surface area contributed by atoms with Crippen LogP contribution in [0.3, 0.4) is 0 Å². The summed E-state index contributed by atoms with van der Waals surface area (Å²) in [6.45, 7) is 3.15. The van der Waals surface area contributed by atoms with Crippen LogP contribution >= 0.6 is 0 Å². The Kier molecular flexibility index (Phi) is 3.75. The lowest BCUT2D eigenvalue weighted by molar-refractivity contribution is 0.531. The number of aromatic nitrogens is 1. The first-order valence-corrected chi connectivity index (χ1v) is 5.93. The van der Waals surface area contributed by atoms with E-state index in [2.05, 4.69) is 17.2 Å². The van der Waals surface area contributed by atoms with Crippen molar-refractivity contribution >= 4 is 16.7 Å². The van der Waals surface area contributed by atoms with Crippen LogP contribution in [0, 0.1) is 0 Å². The molecule has 4 nitrogen and oxygen atoms in total. The number of benzene rings is 1. The molecule has 1 heterocycles. The average molecular weight is 232 g/mol. The van der Waals surface area contributed by atoms with E-state index in [0.717, 1.165) is 24.0 Å². The first kappa shape index (κ1) is 11.6. The zero-order valence-electron chi connectivity index (χ0n) is 9.90. The van der Waals surface area contributed by atoms with E-state index in [9.17, 15) is 4.79 Å². The van der Waals surface area contributed by atoms with Gasteiger partial charge in [0.25, 0.3) is 0 Å². The van der Waals surface area contributed by atoms with Crippen LogP contribution in [-0.2, 0) is 0 Å². The van der Waals surface area contributed by atoms with Crippen LogP contribution < -0.4 is 11.1 Å². The molecule has 0 bridgehead atoms. The van der Waals surface area contributed by atoms with Crippen molar-refractivity contribution < 1.29 is 4.42 Å². The quantitative estimate of drug-likeness (QED) is 0.805. The Morgan fingerprint density at radius 3 is 3.06 bits per heavy atom. The van der Waals surface area contributed by atoms with Crippen molar-refractivity contribution in [3.63, 3.8) is 0 Å². The summed E-state index contributed by atoms with van der Waals surface area (Å²) in [5.74, 6) is -0.554. The Morgan fingerprint density at radius 2 is 2.24 bits per heavy atom. The third kappa shape index (κ3) is 3.06. The molecule has 0 aliphatic heterocycles. The zero-order chi connectivity index (χ0) is 12.1. The Bertz CT molecular complexity index is 548. The van der Waals surface area contributed by atoms with E-state index in [4.69, 9.17) is 4.42 Å². The van der Waals surface area contributed by atoms with Gasteiger partial charge in [-0.05, 0) is 24.6 Å². The van der Waals surface area contributed by atoms with Gasteiger partial charge in [-0.15, -0.1) is 0 Å². The van der Waals surface area contributed by atoms with Crippen molar-refractivity contribution in [3.8, 4) is 0 Å². The molecular formula is C13H16N2O2. The number of nitrogens with zero attached hydrogens (tertiary/aromatic N) is 1. The van der Waals surface area contributed by atoms with Crippen LogP contribution in [-0.4, -0.2) is 11.5 Å². The molecule has 0 aliphatic carbocycles. The fourth-order valence-corrected chi connectivity index (χ4v) is 1.70. The van der Waals surface area contributed by atoms with Gasteiger partial charge in [0.2, 0.25) is 0 Å². The van der Waals surface area contributed by atoms with Gasteiger partial charge in [0.05, 0.1) is 0 Å². The minimum Gasteiger partial charge on any atom is -0.408 e. The van der Waals surface area contributed by atoms with E-state index in [1.807, 2.05) is 12.1 Å². The number of nitrogens with one attached hydrogen (secondary N) is 1. The Balaban J connectivity index is 2.09. The normalized spacial score (nSPS) is 10.6. The van der Waals surface area contributed by atoms with Crippen LogP contribution in [0.5, 0.6) is 0 Å². The number of unbranched alkanes of at least 4 members (excludes halogenated alkanes) is 2. The molecule has 0 saturated carbocycles. The summed E-state index contributed by atoms with van der Waals surface area (Å²) < 4.78 is 4.97. The first-order valence-electron chi connectivity index (χ1n) is 5.93. The topological polar surface area (TPSA) is 55.1 Å². The summed E-state index contributed by atoms with van der Waals surface area (Å²) in [6.07, 6.45) is 5.15. The molecule has 0 saturated heterocycles. The molecule has 4 heteroatoms. The van der Waals surface area contributed by atoms with Gasteiger partial charge in [-0.2, -0.15) is 4.98 Å². The fourth-order valence-electron chi connectivity index (χ4n) is 1.70. The maximum atomic E-state index is 10.9. The van der Waals surface area contributed by atoms with Gasteiger partial charge in [0, 0.05) is 23.8 Å². The standard InChI is InChI=1S/C13H16N2O2/c1-2-3-4-7-14-11-5-6-12-10(8-11)9-15-13(16)17-12/h5-6,8-9,14H,2-4,7H2,1H3. The van der Waals surface area contributed by atoms with E-state index in [1.165, 1.54) is 12.8 Å². The number of rotatable bonds is 5. The average Bonchev–Trinajstić information content (AvgIpc) is 2.35. The zero-order valence-corrected chi connectivity index (χ0v) is 9.90. The highest BCUT2D eigenvalue weighted by Crippen LogP contribution is 2.16. The van der Waals surface area contributed by atoms with Crippen LogP contribution in [0.4, 0.5) is 5.69 Å². The molecule has 0 spiro atoms. The molecular weight excluding hydrogens is 216 g/mol. The summed E-state index contributed by atoms with van der Waals surface area (Å²) in [4.78, 5) is 14.5. The van der Waals surface area contributed by atoms with Crippen molar-refractivity contribution in [2.45, 2.75) is 26.2 Å². The van der Waals surface area contributed by atoms with Gasteiger partial charge < -0.3 is 9.73 Å². The second-order valence-electron chi connectivity index (χ2n) is 4.01. The van der Waals surface area contributed by atoms with Crippen LogP contribution in [0.15, 0.2) is 33.6 Å². The molecule has 0 atom stereocenters. The molecule has 0 radical (unpaired) electrons. The summed E-state index contributed by atoms with van der Waals surface area (Å²) in [5.41, 5.74) is 1.60. The Labute approximate surface area is 99.7 Å². The minimum atomic E-state index is -0.554. The number of hydrogen-bond acceptors (Lipinski definition) is 4. The monoisotopic (exact) mass is 232 g/mol. The van der Waals surface area contributed by atoms with Crippen molar-refractivity contribution in [1.29, 1.82) is 0 Å². The van der Waals surface area contributed by atoms with Crippen molar-refractivity contribution in [3.05, 3.63) is 34.9 Å². The highest BCUT2D eigenvalue weighted by molar-refractivity contribution is 5.79. The maximum absolute atomic E-state index is 10.9. The molecule has 90 valence electrons. The van der Waals surface area contributed by atoms with Gasteiger partial charge in [-0.25, -0.2) is 4.79 Å². The lowest BCUT2D eigenvalue weighted by atomic mass is 10.2. The lowest BCUT2D eigenvalue weighted by Crippen LogP contribution is -2.03. The van der Waals surface area contributed by atoms with E-state index in [-0.39, 0.29) is 0 Å². The highest BCUT2D eigenvalue weighted by Gasteiger charge is 1.99. The highest BCUT2D eigenvalue weighted by atomic mass is 16.4. The molecule has 2 aromatic rings. The van der Waals surface area contributed by atoms with Crippen molar-refractivity contribution in [2.24, 2.45) is 0 Å². The second kappa shape index (κ2) is 5.48. The van der Waals surface area contributed by atoms with Crippen molar-refractivity contribution in [1.82, 2.24) is 4.98 Å². The smallest absolute Gasteiger partial charge is 0.408 e. The van der Waals surface area contributed by atoms with Gasteiger partial charge >= 0.3 is 5.76 Å². The third-order valence-corrected chi connectivity index (χ3v) is 2.63. The van der Waals surface area contributed by atoms with E-state index < -0.39 is 5.76 Å². The third-order valence-electron chi connectivity index (χ3n) is 2.63. The SMILES string of the molecule is CCCCCNc1ccc2oc(=O)ncc2c1. The minimum absolute atomic E-state index is 0.554. The first-order chi connectivity index (χ1) is 8.29. The molecule has 1 aromatic heterocycles. The number of anilines is 1. The molecule has 0 fully saturated rings. The predicted molar refractivity (Wildman–Crippen MR) is 68.3 cm³/mol. The van der Waals surface area contributed by atoms with Gasteiger partial charge in [0.15, 0.2) is 0 Å². The largest absolute Gasteiger partial charge is 0.439 e. The summed E-state index contributed by atoms with van der Waals surface area (Å²) in [5, 5.41) is 4.18. The summed E-state index contributed by atoms with van der Waals surface area (Å²) in [7, 11) is 0. The molecule has 0 amide bonds. The van der Waals surface area contributed by atoms with Gasteiger partial charge in [0.1, 0.15) is 5.58 Å². The van der Waals surface area contributed by atoms with E-state index >= 15 is 0 Å². The maximum Gasteiger partial charge on any atom is 0.439 e. The number of fused-ring (bicyclic) bond motifs is 1. The van der Waals surface area contributed by atoms with Crippen LogP contribution in [0.1, 0.15) is 26.2 Å². The summed E-state index contributed by atoms with van der Waals surface area (Å²) >= 11 is 0. The van der Waals surface area contributed by atoms with Gasteiger partial charge in [-0.1, -0.05) is 19.8 Å². The van der Waals surface area contributed by atoms with Crippen LogP contribution in [0.25, 0.3) is 11.0 Å². The Hall–Kier alpha value is -1.84. The predicted octanol–water partition coefficient (Wildman–Crippen LogP) is 2.79. The van der Waals surface area contributed by atoms with E-state index in [1.54, 1.807) is 12.3 Å². The fraction of sp³-hybridized carbons (Fsp3) is 0.385.